The molecule has 0 aliphatic carbocycles. The standard InChI is InChI=1S/C10H9F3O3S/c1-2-9(8-6-4-3-5-7-8)16-17(14,15)10(11,12)13/h2-7,9H,1H2. The van der Waals surface area contributed by atoms with Crippen LogP contribution in [-0.2, 0) is 14.3 Å². The lowest BCUT2D eigenvalue weighted by atomic mass is 10.1. The third kappa shape index (κ3) is 3.31. The van der Waals surface area contributed by atoms with E-state index in [1.165, 1.54) is 12.1 Å². The predicted molar refractivity (Wildman–Crippen MR) is 55.4 cm³/mol. The van der Waals surface area contributed by atoms with E-state index in [1.54, 1.807) is 18.2 Å². The maximum absolute atomic E-state index is 12.1. The van der Waals surface area contributed by atoms with Crippen molar-refractivity contribution < 1.29 is 25.8 Å². The molecule has 1 aromatic carbocycles. The molecule has 0 heterocycles. The van der Waals surface area contributed by atoms with Gasteiger partial charge in [0.1, 0.15) is 6.10 Å². The van der Waals surface area contributed by atoms with Gasteiger partial charge in [0.15, 0.2) is 0 Å². The summed E-state index contributed by atoms with van der Waals surface area (Å²) >= 11 is 0. The average molecular weight is 266 g/mol. The molecule has 94 valence electrons. The highest BCUT2D eigenvalue weighted by molar-refractivity contribution is 7.87. The van der Waals surface area contributed by atoms with Crippen molar-refractivity contribution in [3.05, 3.63) is 48.6 Å². The van der Waals surface area contributed by atoms with E-state index >= 15 is 0 Å². The van der Waals surface area contributed by atoms with E-state index in [-0.39, 0.29) is 5.56 Å². The molecule has 1 rings (SSSR count). The van der Waals surface area contributed by atoms with E-state index in [0.717, 1.165) is 6.08 Å². The van der Waals surface area contributed by atoms with Crippen LogP contribution in [0.15, 0.2) is 43.0 Å². The SMILES string of the molecule is C=CC(OS(=O)(=O)C(F)(F)F)c1ccccc1. The first-order chi connectivity index (χ1) is 7.78. The maximum atomic E-state index is 12.1. The van der Waals surface area contributed by atoms with Crippen LogP contribution in [0.3, 0.4) is 0 Å². The molecule has 0 aliphatic rings. The molecule has 0 aliphatic heterocycles. The summed E-state index contributed by atoms with van der Waals surface area (Å²) in [5, 5.41) is 0. The third-order valence-electron chi connectivity index (χ3n) is 1.86. The molecular weight excluding hydrogens is 257 g/mol. The van der Waals surface area contributed by atoms with Crippen LogP contribution in [0.25, 0.3) is 0 Å². The number of hydrogen-bond donors (Lipinski definition) is 0. The Kier molecular flexibility index (Phi) is 3.94. The summed E-state index contributed by atoms with van der Waals surface area (Å²) in [5.74, 6) is 0. The lowest BCUT2D eigenvalue weighted by Crippen LogP contribution is -2.26. The fourth-order valence-electron chi connectivity index (χ4n) is 1.06. The second kappa shape index (κ2) is 4.89. The van der Waals surface area contributed by atoms with Crippen molar-refractivity contribution in [2.45, 2.75) is 11.6 Å². The van der Waals surface area contributed by atoms with Gasteiger partial charge in [0, 0.05) is 0 Å². The largest absolute Gasteiger partial charge is 0.523 e. The molecule has 0 spiro atoms. The van der Waals surface area contributed by atoms with Crippen molar-refractivity contribution in [3.8, 4) is 0 Å². The summed E-state index contributed by atoms with van der Waals surface area (Å²) in [4.78, 5) is 0. The Morgan fingerprint density at radius 3 is 2.18 bits per heavy atom. The van der Waals surface area contributed by atoms with E-state index in [1.807, 2.05) is 0 Å². The molecule has 0 amide bonds. The van der Waals surface area contributed by atoms with E-state index < -0.39 is 21.7 Å². The van der Waals surface area contributed by atoms with Gasteiger partial charge < -0.3 is 0 Å². The summed E-state index contributed by atoms with van der Waals surface area (Å²) in [6.07, 6.45) is -0.374. The number of benzene rings is 1. The zero-order chi connectivity index (χ0) is 13.1. The molecule has 0 radical (unpaired) electrons. The number of hydrogen-bond acceptors (Lipinski definition) is 3. The van der Waals surface area contributed by atoms with Gasteiger partial charge >= 0.3 is 15.6 Å². The summed E-state index contributed by atoms with van der Waals surface area (Å²) in [6.45, 7) is 3.25. The van der Waals surface area contributed by atoms with Crippen LogP contribution in [0.4, 0.5) is 13.2 Å². The summed E-state index contributed by atoms with van der Waals surface area (Å²) < 4.78 is 62.0. The van der Waals surface area contributed by atoms with Crippen LogP contribution in [0.2, 0.25) is 0 Å². The minimum atomic E-state index is -5.63. The van der Waals surface area contributed by atoms with Crippen molar-refractivity contribution in [3.63, 3.8) is 0 Å². The molecule has 0 aromatic heterocycles. The van der Waals surface area contributed by atoms with E-state index in [9.17, 15) is 21.6 Å². The van der Waals surface area contributed by atoms with Crippen molar-refractivity contribution in [1.29, 1.82) is 0 Å². The predicted octanol–water partition coefficient (Wildman–Crippen LogP) is 2.78. The lowest BCUT2D eigenvalue weighted by molar-refractivity contribution is -0.0560. The van der Waals surface area contributed by atoms with E-state index in [2.05, 4.69) is 10.8 Å². The van der Waals surface area contributed by atoms with E-state index in [0.29, 0.717) is 0 Å². The van der Waals surface area contributed by atoms with Crippen molar-refractivity contribution in [2.24, 2.45) is 0 Å². The molecule has 1 atom stereocenters. The van der Waals surface area contributed by atoms with Crippen LogP contribution in [0.5, 0.6) is 0 Å². The van der Waals surface area contributed by atoms with Gasteiger partial charge in [-0.05, 0) is 5.56 Å². The Labute approximate surface area is 96.6 Å². The Morgan fingerprint density at radius 1 is 1.24 bits per heavy atom. The van der Waals surface area contributed by atoms with Crippen molar-refractivity contribution >= 4 is 10.1 Å². The van der Waals surface area contributed by atoms with Crippen LogP contribution in [0.1, 0.15) is 11.7 Å². The van der Waals surface area contributed by atoms with Gasteiger partial charge in [0.05, 0.1) is 0 Å². The van der Waals surface area contributed by atoms with Gasteiger partial charge in [0.2, 0.25) is 0 Å². The molecule has 17 heavy (non-hydrogen) atoms. The number of rotatable bonds is 4. The van der Waals surface area contributed by atoms with Crippen molar-refractivity contribution in [1.82, 2.24) is 0 Å². The summed E-state index contributed by atoms with van der Waals surface area (Å²) in [7, 11) is -5.63. The second-order valence-electron chi connectivity index (χ2n) is 3.06. The Hall–Kier alpha value is -1.34. The van der Waals surface area contributed by atoms with Crippen molar-refractivity contribution in [2.75, 3.05) is 0 Å². The fourth-order valence-corrected chi connectivity index (χ4v) is 1.64. The molecule has 1 unspecified atom stereocenters. The van der Waals surface area contributed by atoms with Crippen LogP contribution in [-0.4, -0.2) is 13.9 Å². The Bertz CT molecular complexity index is 479. The molecule has 3 nitrogen and oxygen atoms in total. The maximum Gasteiger partial charge on any atom is 0.523 e. The van der Waals surface area contributed by atoms with Gasteiger partial charge in [0.25, 0.3) is 0 Å². The molecule has 0 N–H and O–H groups in total. The van der Waals surface area contributed by atoms with Gasteiger partial charge in [-0.3, -0.25) is 4.18 Å². The number of halogens is 3. The first kappa shape index (κ1) is 13.7. The second-order valence-corrected chi connectivity index (χ2v) is 4.63. The van der Waals surface area contributed by atoms with Crippen LogP contribution >= 0.6 is 0 Å². The molecule has 0 saturated heterocycles. The quantitative estimate of drug-likeness (QED) is 0.478. The zero-order valence-electron chi connectivity index (χ0n) is 8.52. The van der Waals surface area contributed by atoms with Gasteiger partial charge in [-0.1, -0.05) is 36.4 Å². The van der Waals surface area contributed by atoms with Gasteiger partial charge in [-0.15, -0.1) is 6.58 Å². The van der Waals surface area contributed by atoms with Crippen LogP contribution in [0, 0.1) is 0 Å². The Morgan fingerprint density at radius 2 is 1.76 bits per heavy atom. The Balaban J connectivity index is 2.98. The highest BCUT2D eigenvalue weighted by Gasteiger charge is 2.48. The molecule has 1 aromatic rings. The normalized spacial score (nSPS) is 14.3. The summed E-state index contributed by atoms with van der Waals surface area (Å²) in [5.41, 5.74) is -5.17. The highest BCUT2D eigenvalue weighted by atomic mass is 32.2. The summed E-state index contributed by atoms with van der Waals surface area (Å²) in [6, 6.07) is 7.63. The first-order valence-electron chi connectivity index (χ1n) is 4.45. The molecule has 0 bridgehead atoms. The monoisotopic (exact) mass is 266 g/mol. The molecule has 0 saturated carbocycles. The highest BCUT2D eigenvalue weighted by Crippen LogP contribution is 2.30. The smallest absolute Gasteiger partial charge is 0.251 e. The van der Waals surface area contributed by atoms with E-state index in [4.69, 9.17) is 0 Å². The third-order valence-corrected chi connectivity index (χ3v) is 2.88. The zero-order valence-corrected chi connectivity index (χ0v) is 9.33. The minimum Gasteiger partial charge on any atom is -0.251 e. The number of alkyl halides is 3. The van der Waals surface area contributed by atoms with Gasteiger partial charge in [-0.25, -0.2) is 0 Å². The molecule has 7 heteroatoms. The topological polar surface area (TPSA) is 43.4 Å². The fraction of sp³-hybridized carbons (Fsp3) is 0.200. The van der Waals surface area contributed by atoms with Crippen LogP contribution < -0.4 is 0 Å². The van der Waals surface area contributed by atoms with Gasteiger partial charge in [-0.2, -0.15) is 21.6 Å². The average Bonchev–Trinajstić information content (AvgIpc) is 2.25. The molecule has 0 fully saturated rings. The first-order valence-corrected chi connectivity index (χ1v) is 5.86. The molecular formula is C10H9F3O3S. The lowest BCUT2D eigenvalue weighted by Gasteiger charge is -2.15. The minimum absolute atomic E-state index is 0.273.